The summed E-state index contributed by atoms with van der Waals surface area (Å²) >= 11 is 9.10. The quantitative estimate of drug-likeness (QED) is 0.778. The van der Waals surface area contributed by atoms with Crippen LogP contribution in [0.1, 0.15) is 0 Å². The van der Waals surface area contributed by atoms with E-state index in [1.54, 1.807) is 18.2 Å². The van der Waals surface area contributed by atoms with Gasteiger partial charge in [0.15, 0.2) is 6.61 Å². The maximum absolute atomic E-state index is 11.8. The number of benzene rings is 2. The van der Waals surface area contributed by atoms with E-state index in [-0.39, 0.29) is 11.5 Å². The standard InChI is InChI=1S/C14H12BrClN2O4S/c15-12-7-9(16)1-6-13(12)22-8-14(19)18-10-2-4-11(5-3-10)23(17,20)21/h1-7H,8H2,(H,18,19)(H2,17,20,21). The lowest BCUT2D eigenvalue weighted by atomic mass is 10.3. The Bertz CT molecular complexity index is 825. The van der Waals surface area contributed by atoms with Gasteiger partial charge in [-0.1, -0.05) is 11.6 Å². The second-order valence-electron chi connectivity index (χ2n) is 4.48. The normalized spacial score (nSPS) is 11.1. The molecule has 0 atom stereocenters. The van der Waals surface area contributed by atoms with Crippen LogP contribution in [0.2, 0.25) is 5.02 Å². The summed E-state index contributed by atoms with van der Waals surface area (Å²) in [5.41, 5.74) is 0.432. The zero-order chi connectivity index (χ0) is 17.0. The van der Waals surface area contributed by atoms with Crippen LogP contribution in [0, 0.1) is 0 Å². The van der Waals surface area contributed by atoms with Gasteiger partial charge in [-0.3, -0.25) is 4.79 Å². The van der Waals surface area contributed by atoms with Crippen LogP contribution >= 0.6 is 27.5 Å². The van der Waals surface area contributed by atoms with Gasteiger partial charge in [-0.15, -0.1) is 0 Å². The molecule has 0 saturated heterocycles. The number of amides is 1. The molecule has 0 bridgehead atoms. The number of halogens is 2. The summed E-state index contributed by atoms with van der Waals surface area (Å²) in [7, 11) is -3.76. The maximum Gasteiger partial charge on any atom is 0.262 e. The van der Waals surface area contributed by atoms with E-state index in [1.807, 2.05) is 0 Å². The van der Waals surface area contributed by atoms with Gasteiger partial charge in [0.25, 0.3) is 5.91 Å². The molecule has 0 radical (unpaired) electrons. The molecule has 2 aromatic rings. The number of carbonyl (C=O) groups is 1. The summed E-state index contributed by atoms with van der Waals surface area (Å²) in [4.78, 5) is 11.8. The predicted molar refractivity (Wildman–Crippen MR) is 91.1 cm³/mol. The third-order valence-electron chi connectivity index (χ3n) is 2.72. The van der Waals surface area contributed by atoms with Crippen LogP contribution in [-0.4, -0.2) is 20.9 Å². The van der Waals surface area contributed by atoms with Gasteiger partial charge < -0.3 is 10.1 Å². The first-order chi connectivity index (χ1) is 10.8. The van der Waals surface area contributed by atoms with Gasteiger partial charge in [0.2, 0.25) is 10.0 Å². The first-order valence-corrected chi connectivity index (χ1v) is 8.98. The van der Waals surface area contributed by atoms with E-state index >= 15 is 0 Å². The van der Waals surface area contributed by atoms with Crippen molar-refractivity contribution in [3.8, 4) is 5.75 Å². The minimum Gasteiger partial charge on any atom is -0.483 e. The Hall–Kier alpha value is -1.61. The van der Waals surface area contributed by atoms with Gasteiger partial charge in [0, 0.05) is 10.7 Å². The van der Waals surface area contributed by atoms with E-state index in [9.17, 15) is 13.2 Å². The molecule has 122 valence electrons. The van der Waals surface area contributed by atoms with Gasteiger partial charge in [-0.05, 0) is 58.4 Å². The van der Waals surface area contributed by atoms with E-state index in [1.165, 1.54) is 24.3 Å². The van der Waals surface area contributed by atoms with Crippen molar-refractivity contribution in [1.29, 1.82) is 0 Å². The molecular formula is C14H12BrClN2O4S. The number of ether oxygens (including phenoxy) is 1. The third-order valence-corrected chi connectivity index (χ3v) is 4.50. The third kappa shape index (κ3) is 5.21. The molecule has 0 spiro atoms. The lowest BCUT2D eigenvalue weighted by Crippen LogP contribution is -2.20. The number of nitrogens with two attached hydrogens (primary N) is 1. The Morgan fingerprint density at radius 1 is 1.22 bits per heavy atom. The number of rotatable bonds is 5. The van der Waals surface area contributed by atoms with Crippen molar-refractivity contribution in [2.75, 3.05) is 11.9 Å². The molecule has 3 N–H and O–H groups in total. The van der Waals surface area contributed by atoms with Crippen LogP contribution in [0.3, 0.4) is 0 Å². The van der Waals surface area contributed by atoms with Crippen LogP contribution in [0.25, 0.3) is 0 Å². The molecule has 2 rings (SSSR count). The SMILES string of the molecule is NS(=O)(=O)c1ccc(NC(=O)COc2ccc(Cl)cc2Br)cc1. The summed E-state index contributed by atoms with van der Waals surface area (Å²) in [6, 6.07) is 10.4. The topological polar surface area (TPSA) is 98.5 Å². The van der Waals surface area contributed by atoms with Gasteiger partial charge >= 0.3 is 0 Å². The molecule has 6 nitrogen and oxygen atoms in total. The Morgan fingerprint density at radius 2 is 1.87 bits per heavy atom. The number of nitrogens with one attached hydrogen (secondary N) is 1. The zero-order valence-corrected chi connectivity index (χ0v) is 14.8. The first-order valence-electron chi connectivity index (χ1n) is 6.26. The van der Waals surface area contributed by atoms with Crippen molar-refractivity contribution in [2.45, 2.75) is 4.90 Å². The fourth-order valence-electron chi connectivity index (χ4n) is 1.66. The molecule has 0 fully saturated rings. The molecule has 0 saturated carbocycles. The van der Waals surface area contributed by atoms with Crippen LogP contribution in [0.4, 0.5) is 5.69 Å². The first kappa shape index (κ1) is 17.7. The van der Waals surface area contributed by atoms with E-state index in [4.69, 9.17) is 21.5 Å². The van der Waals surface area contributed by atoms with Crippen LogP contribution in [0.15, 0.2) is 51.8 Å². The largest absolute Gasteiger partial charge is 0.483 e. The van der Waals surface area contributed by atoms with Crippen molar-refractivity contribution in [3.63, 3.8) is 0 Å². The fourth-order valence-corrected chi connectivity index (χ4v) is 2.97. The molecule has 0 unspecified atom stereocenters. The zero-order valence-electron chi connectivity index (χ0n) is 11.6. The molecule has 9 heteroatoms. The van der Waals surface area contributed by atoms with E-state index in [0.717, 1.165) is 0 Å². The average molecular weight is 420 g/mol. The molecule has 0 aliphatic carbocycles. The molecular weight excluding hydrogens is 408 g/mol. The molecule has 0 aromatic heterocycles. The predicted octanol–water partition coefficient (Wildman–Crippen LogP) is 2.77. The van der Waals surface area contributed by atoms with Gasteiger partial charge in [-0.25, -0.2) is 13.6 Å². The number of primary sulfonamides is 1. The highest BCUT2D eigenvalue weighted by molar-refractivity contribution is 9.10. The highest BCUT2D eigenvalue weighted by atomic mass is 79.9. The Balaban J connectivity index is 1.94. The minimum absolute atomic E-state index is 0.0307. The molecule has 0 aliphatic rings. The molecule has 1 amide bonds. The van der Waals surface area contributed by atoms with Crippen molar-refractivity contribution in [1.82, 2.24) is 0 Å². The van der Waals surface area contributed by atoms with Crippen molar-refractivity contribution in [3.05, 3.63) is 52.0 Å². The smallest absolute Gasteiger partial charge is 0.262 e. The monoisotopic (exact) mass is 418 g/mol. The number of hydrogen-bond donors (Lipinski definition) is 2. The van der Waals surface area contributed by atoms with Crippen molar-refractivity contribution < 1.29 is 17.9 Å². The van der Waals surface area contributed by atoms with Crippen molar-refractivity contribution >= 4 is 49.1 Å². The number of carbonyl (C=O) groups excluding carboxylic acids is 1. The fraction of sp³-hybridized carbons (Fsp3) is 0.0714. The Kier molecular flexibility index (Phi) is 5.64. The number of anilines is 1. The van der Waals surface area contributed by atoms with Crippen LogP contribution < -0.4 is 15.2 Å². The summed E-state index contributed by atoms with van der Waals surface area (Å²) < 4.78 is 28.3. The van der Waals surface area contributed by atoms with Gasteiger partial charge in [-0.2, -0.15) is 0 Å². The number of hydrogen-bond acceptors (Lipinski definition) is 4. The average Bonchev–Trinajstić information content (AvgIpc) is 2.46. The molecule has 0 heterocycles. The highest BCUT2D eigenvalue weighted by Crippen LogP contribution is 2.27. The Labute approximate surface area is 146 Å². The lowest BCUT2D eigenvalue weighted by Gasteiger charge is -2.09. The van der Waals surface area contributed by atoms with Crippen LogP contribution in [0.5, 0.6) is 5.75 Å². The molecule has 0 aliphatic heterocycles. The molecule has 23 heavy (non-hydrogen) atoms. The van der Waals surface area contributed by atoms with E-state index in [2.05, 4.69) is 21.2 Å². The van der Waals surface area contributed by atoms with E-state index < -0.39 is 15.9 Å². The minimum atomic E-state index is -3.76. The van der Waals surface area contributed by atoms with Gasteiger partial charge in [0.1, 0.15) is 5.75 Å². The summed E-state index contributed by atoms with van der Waals surface area (Å²) in [5, 5.41) is 8.12. The van der Waals surface area contributed by atoms with E-state index in [0.29, 0.717) is 20.9 Å². The summed E-state index contributed by atoms with van der Waals surface area (Å²) in [6.45, 7) is -0.211. The maximum atomic E-state index is 11.8. The second kappa shape index (κ2) is 7.31. The summed E-state index contributed by atoms with van der Waals surface area (Å²) in [6.07, 6.45) is 0. The van der Waals surface area contributed by atoms with Crippen molar-refractivity contribution in [2.24, 2.45) is 5.14 Å². The lowest BCUT2D eigenvalue weighted by molar-refractivity contribution is -0.118. The van der Waals surface area contributed by atoms with Gasteiger partial charge in [0.05, 0.1) is 9.37 Å². The molecule has 2 aromatic carbocycles. The Morgan fingerprint density at radius 3 is 2.43 bits per heavy atom. The van der Waals surface area contributed by atoms with Crippen LogP contribution in [-0.2, 0) is 14.8 Å². The number of sulfonamides is 1. The highest BCUT2D eigenvalue weighted by Gasteiger charge is 2.09. The summed E-state index contributed by atoms with van der Waals surface area (Å²) in [5.74, 6) is 0.0873. The second-order valence-corrected chi connectivity index (χ2v) is 7.33.